The summed E-state index contributed by atoms with van der Waals surface area (Å²) in [7, 11) is 1.85. The van der Waals surface area contributed by atoms with Crippen molar-refractivity contribution in [2.45, 2.75) is 26.7 Å². The molecule has 1 rings (SSSR count). The van der Waals surface area contributed by atoms with Gasteiger partial charge in [0.2, 0.25) is 0 Å². The van der Waals surface area contributed by atoms with E-state index in [0.29, 0.717) is 5.69 Å². The number of carbonyl (C=O) groups excluding carboxylic acids is 1. The summed E-state index contributed by atoms with van der Waals surface area (Å²) >= 11 is 0. The molecule has 0 aliphatic carbocycles. The fourth-order valence-corrected chi connectivity index (χ4v) is 1.46. The zero-order valence-electron chi connectivity index (χ0n) is 8.45. The second kappa shape index (κ2) is 4.21. The number of Topliss-reactive ketones (excluding diaryl/α,β-unsaturated/α-hetero) is 1. The Balaban J connectivity index is 2.84. The van der Waals surface area contributed by atoms with E-state index in [2.05, 4.69) is 4.98 Å². The van der Waals surface area contributed by atoms with Crippen LogP contribution in [0.4, 0.5) is 0 Å². The van der Waals surface area contributed by atoms with Crippen molar-refractivity contribution in [3.63, 3.8) is 0 Å². The van der Waals surface area contributed by atoms with Crippen molar-refractivity contribution in [3.05, 3.63) is 18.2 Å². The van der Waals surface area contributed by atoms with Gasteiger partial charge in [-0.25, -0.2) is 4.98 Å². The highest BCUT2D eigenvalue weighted by Gasteiger charge is 2.18. The van der Waals surface area contributed by atoms with Gasteiger partial charge in [-0.1, -0.05) is 13.8 Å². The topological polar surface area (TPSA) is 34.9 Å². The van der Waals surface area contributed by atoms with Crippen molar-refractivity contribution >= 4 is 5.78 Å². The van der Waals surface area contributed by atoms with E-state index in [1.807, 2.05) is 20.9 Å². The van der Waals surface area contributed by atoms with Gasteiger partial charge in [0.25, 0.3) is 0 Å². The summed E-state index contributed by atoms with van der Waals surface area (Å²) in [5.41, 5.74) is 0.716. The Morgan fingerprint density at radius 3 is 2.54 bits per heavy atom. The monoisotopic (exact) mass is 180 g/mol. The Morgan fingerprint density at radius 2 is 2.15 bits per heavy atom. The molecule has 1 aromatic rings. The fraction of sp³-hybridized carbons (Fsp3) is 0.600. The van der Waals surface area contributed by atoms with Crippen LogP contribution in [0.3, 0.4) is 0 Å². The van der Waals surface area contributed by atoms with E-state index in [9.17, 15) is 4.79 Å². The van der Waals surface area contributed by atoms with Crippen LogP contribution in [0.25, 0.3) is 0 Å². The molecule has 0 aliphatic heterocycles. The minimum absolute atomic E-state index is 0.149. The number of aryl methyl sites for hydroxylation is 1. The van der Waals surface area contributed by atoms with Gasteiger partial charge >= 0.3 is 0 Å². The van der Waals surface area contributed by atoms with Crippen LogP contribution in [0, 0.1) is 5.92 Å². The molecule has 0 bridgehead atoms. The second-order valence-electron chi connectivity index (χ2n) is 3.27. The maximum Gasteiger partial charge on any atom is 0.183 e. The second-order valence-corrected chi connectivity index (χ2v) is 3.27. The van der Waals surface area contributed by atoms with Crippen molar-refractivity contribution in [2.24, 2.45) is 13.0 Å². The lowest BCUT2D eigenvalue weighted by Gasteiger charge is -2.10. The average Bonchev–Trinajstić information content (AvgIpc) is 2.53. The van der Waals surface area contributed by atoms with Crippen molar-refractivity contribution in [1.29, 1.82) is 0 Å². The summed E-state index contributed by atoms with van der Waals surface area (Å²) in [4.78, 5) is 15.8. The molecule has 3 heteroatoms. The Morgan fingerprint density at radius 1 is 1.54 bits per heavy atom. The van der Waals surface area contributed by atoms with E-state index in [-0.39, 0.29) is 11.7 Å². The zero-order valence-corrected chi connectivity index (χ0v) is 8.45. The van der Waals surface area contributed by atoms with E-state index in [1.165, 1.54) is 0 Å². The number of imidazole rings is 1. The Kier molecular flexibility index (Phi) is 3.23. The van der Waals surface area contributed by atoms with Crippen LogP contribution in [0.5, 0.6) is 0 Å². The van der Waals surface area contributed by atoms with Crippen molar-refractivity contribution in [1.82, 2.24) is 9.55 Å². The van der Waals surface area contributed by atoms with Gasteiger partial charge < -0.3 is 4.57 Å². The Hall–Kier alpha value is -1.12. The molecule has 0 unspecified atom stereocenters. The van der Waals surface area contributed by atoms with Crippen molar-refractivity contribution in [2.75, 3.05) is 0 Å². The van der Waals surface area contributed by atoms with Crippen molar-refractivity contribution < 1.29 is 4.79 Å². The SMILES string of the molecule is CCC(CC)C(=O)c1cncn1C. The number of nitrogens with zero attached hydrogens (tertiary/aromatic N) is 2. The summed E-state index contributed by atoms with van der Waals surface area (Å²) in [5, 5.41) is 0. The lowest BCUT2D eigenvalue weighted by atomic mass is 9.96. The first-order valence-electron chi connectivity index (χ1n) is 4.71. The highest BCUT2D eigenvalue weighted by atomic mass is 16.1. The molecular weight excluding hydrogens is 164 g/mol. The summed E-state index contributed by atoms with van der Waals surface area (Å²) in [6, 6.07) is 0. The van der Waals surface area contributed by atoms with Gasteiger partial charge in [-0.3, -0.25) is 4.79 Å². The first-order valence-corrected chi connectivity index (χ1v) is 4.71. The van der Waals surface area contributed by atoms with Gasteiger partial charge in [-0.2, -0.15) is 0 Å². The molecule has 0 aliphatic rings. The van der Waals surface area contributed by atoms with Crippen LogP contribution < -0.4 is 0 Å². The summed E-state index contributed by atoms with van der Waals surface area (Å²) in [6.07, 6.45) is 5.11. The molecule has 0 atom stereocenters. The third-order valence-corrected chi connectivity index (χ3v) is 2.43. The van der Waals surface area contributed by atoms with Crippen LogP contribution in [-0.2, 0) is 7.05 Å². The molecule has 0 saturated carbocycles. The Bertz CT molecular complexity index is 287. The van der Waals surface area contributed by atoms with E-state index >= 15 is 0 Å². The normalized spacial score (nSPS) is 10.8. The maximum absolute atomic E-state index is 11.8. The number of hydrogen-bond acceptors (Lipinski definition) is 2. The lowest BCUT2D eigenvalue weighted by Crippen LogP contribution is -2.15. The van der Waals surface area contributed by atoms with E-state index in [4.69, 9.17) is 0 Å². The van der Waals surface area contributed by atoms with E-state index in [0.717, 1.165) is 12.8 Å². The van der Waals surface area contributed by atoms with E-state index in [1.54, 1.807) is 17.1 Å². The van der Waals surface area contributed by atoms with Gasteiger partial charge in [-0.15, -0.1) is 0 Å². The molecule has 13 heavy (non-hydrogen) atoms. The van der Waals surface area contributed by atoms with Gasteiger partial charge in [-0.05, 0) is 12.8 Å². The molecule has 1 heterocycles. The van der Waals surface area contributed by atoms with Gasteiger partial charge in [0.15, 0.2) is 5.78 Å². The number of aromatic nitrogens is 2. The van der Waals surface area contributed by atoms with Crippen LogP contribution in [0.15, 0.2) is 12.5 Å². The highest BCUT2D eigenvalue weighted by molar-refractivity contribution is 5.96. The van der Waals surface area contributed by atoms with Gasteiger partial charge in [0.1, 0.15) is 5.69 Å². The van der Waals surface area contributed by atoms with Gasteiger partial charge in [0, 0.05) is 13.0 Å². The number of ketones is 1. The first-order chi connectivity index (χ1) is 6.20. The van der Waals surface area contributed by atoms with Crippen LogP contribution in [0.1, 0.15) is 37.2 Å². The molecule has 0 amide bonds. The largest absolute Gasteiger partial charge is 0.331 e. The summed E-state index contributed by atoms with van der Waals surface area (Å²) in [6.45, 7) is 4.09. The molecule has 0 fully saturated rings. The van der Waals surface area contributed by atoms with Crippen LogP contribution in [0.2, 0.25) is 0 Å². The molecule has 0 aromatic carbocycles. The predicted octanol–water partition coefficient (Wildman–Crippen LogP) is 2.04. The van der Waals surface area contributed by atoms with Crippen molar-refractivity contribution in [3.8, 4) is 0 Å². The minimum Gasteiger partial charge on any atom is -0.331 e. The van der Waals surface area contributed by atoms with E-state index < -0.39 is 0 Å². The fourth-order valence-electron chi connectivity index (χ4n) is 1.46. The molecule has 1 aromatic heterocycles. The standard InChI is InChI=1S/C10H16N2O/c1-4-8(5-2)10(13)9-6-11-7-12(9)3/h6-8H,4-5H2,1-3H3. The third kappa shape index (κ3) is 1.97. The molecule has 0 saturated heterocycles. The molecule has 72 valence electrons. The molecule has 3 nitrogen and oxygen atoms in total. The minimum atomic E-state index is 0.149. The molecule has 0 N–H and O–H groups in total. The first kappa shape index (κ1) is 9.96. The maximum atomic E-state index is 11.8. The third-order valence-electron chi connectivity index (χ3n) is 2.43. The molecule has 0 radical (unpaired) electrons. The average molecular weight is 180 g/mol. The summed E-state index contributed by atoms with van der Waals surface area (Å²) < 4.78 is 1.78. The quantitative estimate of drug-likeness (QED) is 0.664. The number of hydrogen-bond donors (Lipinski definition) is 0. The smallest absolute Gasteiger partial charge is 0.183 e. The highest BCUT2D eigenvalue weighted by Crippen LogP contribution is 2.14. The van der Waals surface area contributed by atoms with Crippen LogP contribution in [-0.4, -0.2) is 15.3 Å². The van der Waals surface area contributed by atoms with Crippen LogP contribution >= 0.6 is 0 Å². The summed E-state index contributed by atoms with van der Waals surface area (Å²) in [5.74, 6) is 0.361. The predicted molar refractivity (Wildman–Crippen MR) is 51.6 cm³/mol. The molecule has 0 spiro atoms. The van der Waals surface area contributed by atoms with Gasteiger partial charge in [0.05, 0.1) is 12.5 Å². The Labute approximate surface area is 78.8 Å². The number of carbonyl (C=O) groups is 1. The molecular formula is C10H16N2O. The lowest BCUT2D eigenvalue weighted by molar-refractivity contribution is 0.0905. The number of rotatable bonds is 4. The zero-order chi connectivity index (χ0) is 9.84.